The van der Waals surface area contributed by atoms with Gasteiger partial charge in [-0.25, -0.2) is 0 Å². The zero-order chi connectivity index (χ0) is 11.8. The number of rotatable bonds is 8. The van der Waals surface area contributed by atoms with E-state index in [0.29, 0.717) is 6.04 Å². The molecular formula is C12H26N2O2. The maximum absolute atomic E-state index is 5.21. The van der Waals surface area contributed by atoms with Crippen LogP contribution in [0.2, 0.25) is 0 Å². The van der Waals surface area contributed by atoms with E-state index >= 15 is 0 Å². The SMILES string of the molecule is COCCNCC(C)N1CCC(COC)C1. The first-order chi connectivity index (χ1) is 7.77. The lowest BCUT2D eigenvalue weighted by atomic mass is 10.1. The van der Waals surface area contributed by atoms with Gasteiger partial charge < -0.3 is 14.8 Å². The van der Waals surface area contributed by atoms with Gasteiger partial charge in [0.05, 0.1) is 13.2 Å². The highest BCUT2D eigenvalue weighted by Crippen LogP contribution is 2.18. The zero-order valence-corrected chi connectivity index (χ0v) is 10.9. The highest BCUT2D eigenvalue weighted by atomic mass is 16.5. The molecule has 0 spiro atoms. The molecule has 1 heterocycles. The molecule has 0 bridgehead atoms. The van der Waals surface area contributed by atoms with E-state index in [0.717, 1.165) is 32.2 Å². The average Bonchev–Trinajstić information content (AvgIpc) is 2.73. The molecule has 2 atom stereocenters. The Labute approximate surface area is 99.3 Å². The van der Waals surface area contributed by atoms with Gasteiger partial charge in [0, 0.05) is 39.9 Å². The van der Waals surface area contributed by atoms with Crippen LogP contribution in [0, 0.1) is 5.92 Å². The Kier molecular flexibility index (Phi) is 6.96. The van der Waals surface area contributed by atoms with E-state index in [1.807, 2.05) is 0 Å². The molecule has 0 aromatic carbocycles. The highest BCUT2D eigenvalue weighted by Gasteiger charge is 2.25. The topological polar surface area (TPSA) is 33.7 Å². The molecule has 1 fully saturated rings. The first kappa shape index (κ1) is 13.9. The van der Waals surface area contributed by atoms with Crippen molar-refractivity contribution < 1.29 is 9.47 Å². The number of nitrogens with one attached hydrogen (secondary N) is 1. The fourth-order valence-electron chi connectivity index (χ4n) is 2.25. The van der Waals surface area contributed by atoms with Crippen molar-refractivity contribution in [2.75, 3.05) is 53.6 Å². The number of ether oxygens (including phenoxy) is 2. The maximum Gasteiger partial charge on any atom is 0.0587 e. The van der Waals surface area contributed by atoms with Crippen LogP contribution >= 0.6 is 0 Å². The third-order valence-electron chi connectivity index (χ3n) is 3.27. The summed E-state index contributed by atoms with van der Waals surface area (Å²) in [5, 5.41) is 3.41. The molecule has 0 radical (unpaired) electrons. The third kappa shape index (κ3) is 4.78. The van der Waals surface area contributed by atoms with Crippen LogP contribution in [0.1, 0.15) is 13.3 Å². The van der Waals surface area contributed by atoms with E-state index in [2.05, 4.69) is 17.1 Å². The van der Waals surface area contributed by atoms with E-state index < -0.39 is 0 Å². The normalized spacial score (nSPS) is 23.8. The quantitative estimate of drug-likeness (QED) is 0.619. The van der Waals surface area contributed by atoms with Crippen molar-refractivity contribution >= 4 is 0 Å². The summed E-state index contributed by atoms with van der Waals surface area (Å²) >= 11 is 0. The van der Waals surface area contributed by atoms with Crippen LogP contribution in [0.5, 0.6) is 0 Å². The van der Waals surface area contributed by atoms with Crippen molar-refractivity contribution in [2.45, 2.75) is 19.4 Å². The largest absolute Gasteiger partial charge is 0.384 e. The second-order valence-electron chi connectivity index (χ2n) is 4.65. The standard InChI is InChI=1S/C12H26N2O2/c1-11(8-13-5-7-15-2)14-6-4-12(9-14)10-16-3/h11-13H,4-10H2,1-3H3. The molecule has 0 aromatic rings. The minimum atomic E-state index is 0.610. The number of nitrogens with zero attached hydrogens (tertiary/aromatic N) is 1. The van der Waals surface area contributed by atoms with Crippen molar-refractivity contribution in [1.82, 2.24) is 10.2 Å². The van der Waals surface area contributed by atoms with Gasteiger partial charge in [-0.05, 0) is 25.8 Å². The molecule has 0 saturated carbocycles. The lowest BCUT2D eigenvalue weighted by Crippen LogP contribution is -2.40. The zero-order valence-electron chi connectivity index (χ0n) is 10.9. The smallest absolute Gasteiger partial charge is 0.0587 e. The first-order valence-corrected chi connectivity index (χ1v) is 6.20. The van der Waals surface area contributed by atoms with Crippen LogP contribution in [0.3, 0.4) is 0 Å². The molecule has 96 valence electrons. The van der Waals surface area contributed by atoms with Gasteiger partial charge in [0.1, 0.15) is 0 Å². The van der Waals surface area contributed by atoms with E-state index in [4.69, 9.17) is 9.47 Å². The Hall–Kier alpha value is -0.160. The molecule has 0 aromatic heterocycles. The molecule has 4 heteroatoms. The summed E-state index contributed by atoms with van der Waals surface area (Å²) in [5.41, 5.74) is 0. The van der Waals surface area contributed by atoms with Crippen LogP contribution in [0.4, 0.5) is 0 Å². The van der Waals surface area contributed by atoms with Crippen LogP contribution < -0.4 is 5.32 Å². The van der Waals surface area contributed by atoms with Gasteiger partial charge in [-0.15, -0.1) is 0 Å². The third-order valence-corrected chi connectivity index (χ3v) is 3.27. The van der Waals surface area contributed by atoms with Crippen molar-refractivity contribution in [3.8, 4) is 0 Å². The van der Waals surface area contributed by atoms with Crippen molar-refractivity contribution in [1.29, 1.82) is 0 Å². The lowest BCUT2D eigenvalue weighted by Gasteiger charge is -2.24. The molecular weight excluding hydrogens is 204 g/mol. The summed E-state index contributed by atoms with van der Waals surface area (Å²) in [7, 11) is 3.53. The summed E-state index contributed by atoms with van der Waals surface area (Å²) < 4.78 is 10.2. The molecule has 1 rings (SSSR count). The molecule has 1 aliphatic heterocycles. The summed E-state index contributed by atoms with van der Waals surface area (Å²) in [6.45, 7) is 8.36. The van der Waals surface area contributed by atoms with Gasteiger partial charge in [-0.1, -0.05) is 0 Å². The number of hydrogen-bond donors (Lipinski definition) is 1. The Morgan fingerprint density at radius 3 is 2.88 bits per heavy atom. The van der Waals surface area contributed by atoms with Gasteiger partial charge in [-0.2, -0.15) is 0 Å². The van der Waals surface area contributed by atoms with E-state index in [1.54, 1.807) is 14.2 Å². The second-order valence-corrected chi connectivity index (χ2v) is 4.65. The number of likely N-dealkylation sites (tertiary alicyclic amines) is 1. The Balaban J connectivity index is 2.10. The van der Waals surface area contributed by atoms with Crippen molar-refractivity contribution in [3.05, 3.63) is 0 Å². The molecule has 2 unspecified atom stereocenters. The summed E-state index contributed by atoms with van der Waals surface area (Å²) in [5.74, 6) is 0.728. The molecule has 1 aliphatic rings. The van der Waals surface area contributed by atoms with Gasteiger partial charge >= 0.3 is 0 Å². The Morgan fingerprint density at radius 2 is 2.19 bits per heavy atom. The average molecular weight is 230 g/mol. The predicted octanol–water partition coefficient (Wildman–Crippen LogP) is 0.579. The van der Waals surface area contributed by atoms with Gasteiger partial charge in [0.2, 0.25) is 0 Å². The second kappa shape index (κ2) is 8.01. The Morgan fingerprint density at radius 1 is 1.38 bits per heavy atom. The number of hydrogen-bond acceptors (Lipinski definition) is 4. The fraction of sp³-hybridized carbons (Fsp3) is 1.00. The van der Waals surface area contributed by atoms with Crippen LogP contribution in [-0.2, 0) is 9.47 Å². The highest BCUT2D eigenvalue weighted by molar-refractivity contribution is 4.80. The monoisotopic (exact) mass is 230 g/mol. The number of methoxy groups -OCH3 is 2. The molecule has 0 amide bonds. The summed E-state index contributed by atoms with van der Waals surface area (Å²) in [4.78, 5) is 2.55. The molecule has 4 nitrogen and oxygen atoms in total. The minimum absolute atomic E-state index is 0.610. The summed E-state index contributed by atoms with van der Waals surface area (Å²) in [6.07, 6.45) is 1.27. The van der Waals surface area contributed by atoms with E-state index in [9.17, 15) is 0 Å². The van der Waals surface area contributed by atoms with Crippen LogP contribution in [-0.4, -0.2) is 64.6 Å². The molecule has 1 N–H and O–H groups in total. The van der Waals surface area contributed by atoms with Crippen molar-refractivity contribution in [2.24, 2.45) is 5.92 Å². The van der Waals surface area contributed by atoms with Crippen LogP contribution in [0.25, 0.3) is 0 Å². The molecule has 16 heavy (non-hydrogen) atoms. The first-order valence-electron chi connectivity index (χ1n) is 6.20. The molecule has 1 saturated heterocycles. The van der Waals surface area contributed by atoms with E-state index in [-0.39, 0.29) is 0 Å². The Bertz CT molecular complexity index is 178. The van der Waals surface area contributed by atoms with Crippen molar-refractivity contribution in [3.63, 3.8) is 0 Å². The van der Waals surface area contributed by atoms with E-state index in [1.165, 1.54) is 19.5 Å². The summed E-state index contributed by atoms with van der Waals surface area (Å²) in [6, 6.07) is 0.610. The van der Waals surface area contributed by atoms with Gasteiger partial charge in [0.25, 0.3) is 0 Å². The molecule has 0 aliphatic carbocycles. The lowest BCUT2D eigenvalue weighted by molar-refractivity contribution is 0.147. The predicted molar refractivity (Wildman–Crippen MR) is 65.8 cm³/mol. The van der Waals surface area contributed by atoms with Crippen LogP contribution in [0.15, 0.2) is 0 Å². The van der Waals surface area contributed by atoms with Gasteiger partial charge in [0.15, 0.2) is 0 Å². The minimum Gasteiger partial charge on any atom is -0.384 e. The fourth-order valence-corrected chi connectivity index (χ4v) is 2.25. The maximum atomic E-state index is 5.21. The van der Waals surface area contributed by atoms with Gasteiger partial charge in [-0.3, -0.25) is 4.90 Å².